The second kappa shape index (κ2) is 8.64. The van der Waals surface area contributed by atoms with E-state index in [0.29, 0.717) is 11.7 Å². The number of hydrogen-bond donors (Lipinski definition) is 1. The van der Waals surface area contributed by atoms with Crippen LogP contribution in [0.4, 0.5) is 15.8 Å². The molecule has 0 saturated carbocycles. The second-order valence-corrected chi connectivity index (χ2v) is 6.98. The van der Waals surface area contributed by atoms with E-state index >= 15 is 0 Å². The highest BCUT2D eigenvalue weighted by Gasteiger charge is 2.38. The molecule has 2 aromatic carbocycles. The number of amidine groups is 1. The van der Waals surface area contributed by atoms with Gasteiger partial charge in [0.05, 0.1) is 11.4 Å². The van der Waals surface area contributed by atoms with Crippen LogP contribution in [0.25, 0.3) is 0 Å². The van der Waals surface area contributed by atoms with E-state index < -0.39 is 17.0 Å². The average molecular weight is 383 g/mol. The number of nitrogens with zero attached hydrogens (tertiary/aromatic N) is 2. The van der Waals surface area contributed by atoms with Crippen molar-refractivity contribution in [2.75, 3.05) is 11.9 Å². The van der Waals surface area contributed by atoms with Crippen molar-refractivity contribution in [1.82, 2.24) is 4.90 Å². The summed E-state index contributed by atoms with van der Waals surface area (Å²) < 4.78 is 13.7. The molecule has 2 aromatic rings. The summed E-state index contributed by atoms with van der Waals surface area (Å²) in [5.41, 5.74) is 0.817. The van der Waals surface area contributed by atoms with Gasteiger partial charge in [-0.05, 0) is 24.3 Å². The quantitative estimate of drug-likeness (QED) is 0.768. The fourth-order valence-corrected chi connectivity index (χ4v) is 3.73. The normalized spacial score (nSPS) is 18.0. The van der Waals surface area contributed by atoms with Gasteiger partial charge < -0.3 is 5.32 Å². The van der Waals surface area contributed by atoms with Crippen LogP contribution >= 0.6 is 11.8 Å². The lowest BCUT2D eigenvalue weighted by Gasteiger charge is -2.13. The molecule has 1 saturated heterocycles. The van der Waals surface area contributed by atoms with Gasteiger partial charge in [-0.2, -0.15) is 0 Å². The number of benzene rings is 2. The van der Waals surface area contributed by atoms with E-state index in [1.807, 2.05) is 30.3 Å². The van der Waals surface area contributed by atoms with E-state index in [0.717, 1.165) is 5.69 Å². The SMILES string of the molecule is C=CCN1C(=O)C(CC(=O)Nc2ccccc2F)SC1=Nc1ccccc1. The van der Waals surface area contributed by atoms with Crippen LogP contribution in [-0.2, 0) is 9.59 Å². The van der Waals surface area contributed by atoms with Gasteiger partial charge in [0.25, 0.3) is 0 Å². The zero-order chi connectivity index (χ0) is 19.2. The molecule has 1 fully saturated rings. The van der Waals surface area contributed by atoms with E-state index in [-0.39, 0.29) is 18.0 Å². The molecular formula is C20H18FN3O2S. The summed E-state index contributed by atoms with van der Waals surface area (Å²) >= 11 is 1.23. The van der Waals surface area contributed by atoms with Gasteiger partial charge in [0.2, 0.25) is 11.8 Å². The van der Waals surface area contributed by atoms with Crippen molar-refractivity contribution in [1.29, 1.82) is 0 Å². The molecule has 27 heavy (non-hydrogen) atoms. The van der Waals surface area contributed by atoms with Gasteiger partial charge in [0.1, 0.15) is 11.1 Å². The summed E-state index contributed by atoms with van der Waals surface area (Å²) in [7, 11) is 0. The number of hydrogen-bond acceptors (Lipinski definition) is 4. The lowest BCUT2D eigenvalue weighted by atomic mass is 10.2. The summed E-state index contributed by atoms with van der Waals surface area (Å²) in [6.45, 7) is 3.98. The summed E-state index contributed by atoms with van der Waals surface area (Å²) in [5, 5.41) is 2.42. The molecule has 2 amide bonds. The third kappa shape index (κ3) is 4.62. The maximum absolute atomic E-state index is 13.7. The molecular weight excluding hydrogens is 365 g/mol. The first-order valence-electron chi connectivity index (χ1n) is 8.35. The minimum Gasteiger partial charge on any atom is -0.324 e. The smallest absolute Gasteiger partial charge is 0.242 e. The molecule has 1 aliphatic rings. The van der Waals surface area contributed by atoms with Crippen LogP contribution in [0.5, 0.6) is 0 Å². The molecule has 1 N–H and O–H groups in total. The lowest BCUT2D eigenvalue weighted by molar-refractivity contribution is -0.127. The standard InChI is InChI=1S/C20H18FN3O2S/c1-2-12-24-19(26)17(27-20(24)22-14-8-4-3-5-9-14)13-18(25)23-16-11-7-6-10-15(16)21/h2-11,17H,1,12-13H2,(H,23,25). The summed E-state index contributed by atoms with van der Waals surface area (Å²) in [6.07, 6.45) is 1.54. The van der Waals surface area contributed by atoms with Crippen LogP contribution in [0.3, 0.4) is 0 Å². The first-order chi connectivity index (χ1) is 13.1. The average Bonchev–Trinajstić information content (AvgIpc) is 2.93. The van der Waals surface area contributed by atoms with Crippen LogP contribution in [0.1, 0.15) is 6.42 Å². The number of thioether (sulfide) groups is 1. The predicted molar refractivity (Wildman–Crippen MR) is 106 cm³/mol. The van der Waals surface area contributed by atoms with Gasteiger partial charge in [-0.3, -0.25) is 14.5 Å². The highest BCUT2D eigenvalue weighted by molar-refractivity contribution is 8.15. The summed E-state index contributed by atoms with van der Waals surface area (Å²) in [6, 6.07) is 15.2. The molecule has 0 aromatic heterocycles. The van der Waals surface area contributed by atoms with Gasteiger partial charge in [0, 0.05) is 13.0 Å². The summed E-state index contributed by atoms with van der Waals surface area (Å²) in [5.74, 6) is -1.15. The van der Waals surface area contributed by atoms with Crippen LogP contribution in [0.15, 0.2) is 72.2 Å². The van der Waals surface area contributed by atoms with Crippen molar-refractivity contribution in [2.45, 2.75) is 11.7 Å². The van der Waals surface area contributed by atoms with Gasteiger partial charge in [-0.1, -0.05) is 48.2 Å². The highest BCUT2D eigenvalue weighted by atomic mass is 32.2. The minimum atomic E-state index is -0.612. The number of para-hydroxylation sites is 2. The van der Waals surface area contributed by atoms with E-state index in [1.54, 1.807) is 18.2 Å². The van der Waals surface area contributed by atoms with Crippen molar-refractivity contribution in [2.24, 2.45) is 4.99 Å². The van der Waals surface area contributed by atoms with E-state index in [4.69, 9.17) is 0 Å². The number of carbonyl (C=O) groups is 2. The molecule has 3 rings (SSSR count). The van der Waals surface area contributed by atoms with E-state index in [1.165, 1.54) is 28.8 Å². The third-order valence-corrected chi connectivity index (χ3v) is 5.01. The number of amides is 2. The van der Waals surface area contributed by atoms with Crippen molar-refractivity contribution in [3.8, 4) is 0 Å². The molecule has 0 spiro atoms. The Balaban J connectivity index is 1.73. The third-order valence-electron chi connectivity index (χ3n) is 3.83. The fraction of sp³-hybridized carbons (Fsp3) is 0.150. The van der Waals surface area contributed by atoms with Crippen molar-refractivity contribution in [3.63, 3.8) is 0 Å². The molecule has 0 radical (unpaired) electrons. The molecule has 0 bridgehead atoms. The maximum atomic E-state index is 13.7. The van der Waals surface area contributed by atoms with Crippen molar-refractivity contribution in [3.05, 3.63) is 73.1 Å². The van der Waals surface area contributed by atoms with Gasteiger partial charge in [-0.15, -0.1) is 6.58 Å². The Morgan fingerprint density at radius 3 is 2.63 bits per heavy atom. The molecule has 7 heteroatoms. The molecule has 5 nitrogen and oxygen atoms in total. The minimum absolute atomic E-state index is 0.0702. The first-order valence-corrected chi connectivity index (χ1v) is 9.23. The van der Waals surface area contributed by atoms with Crippen molar-refractivity contribution < 1.29 is 14.0 Å². The molecule has 138 valence electrons. The Morgan fingerprint density at radius 2 is 1.93 bits per heavy atom. The van der Waals surface area contributed by atoms with Crippen LogP contribution in [-0.4, -0.2) is 33.7 Å². The maximum Gasteiger partial charge on any atom is 0.242 e. The Bertz CT molecular complexity index is 886. The topological polar surface area (TPSA) is 61.8 Å². The zero-order valence-corrected chi connectivity index (χ0v) is 15.3. The molecule has 1 heterocycles. The number of nitrogens with one attached hydrogen (secondary N) is 1. The van der Waals surface area contributed by atoms with E-state index in [9.17, 15) is 14.0 Å². The number of halogens is 1. The number of aliphatic imine (C=N–C) groups is 1. The predicted octanol–water partition coefficient (Wildman–Crippen LogP) is 3.97. The summed E-state index contributed by atoms with van der Waals surface area (Å²) in [4.78, 5) is 31.0. The molecule has 0 aliphatic carbocycles. The van der Waals surface area contributed by atoms with Gasteiger partial charge in [-0.25, -0.2) is 9.38 Å². The lowest BCUT2D eigenvalue weighted by Crippen LogP contribution is -2.33. The fourth-order valence-electron chi connectivity index (χ4n) is 2.57. The van der Waals surface area contributed by atoms with Crippen molar-refractivity contribution >= 4 is 40.1 Å². The Labute approximate surface area is 161 Å². The number of rotatable bonds is 6. The van der Waals surface area contributed by atoms with Crippen LogP contribution < -0.4 is 5.32 Å². The van der Waals surface area contributed by atoms with Crippen LogP contribution in [0, 0.1) is 5.82 Å². The van der Waals surface area contributed by atoms with Gasteiger partial charge >= 0.3 is 0 Å². The van der Waals surface area contributed by atoms with Crippen LogP contribution in [0.2, 0.25) is 0 Å². The second-order valence-electron chi connectivity index (χ2n) is 5.81. The van der Waals surface area contributed by atoms with E-state index in [2.05, 4.69) is 16.9 Å². The Morgan fingerprint density at radius 1 is 1.22 bits per heavy atom. The zero-order valence-electron chi connectivity index (χ0n) is 14.5. The number of anilines is 1. The number of carbonyl (C=O) groups excluding carboxylic acids is 2. The molecule has 1 aliphatic heterocycles. The highest BCUT2D eigenvalue weighted by Crippen LogP contribution is 2.31. The van der Waals surface area contributed by atoms with Gasteiger partial charge in [0.15, 0.2) is 5.17 Å². The Kier molecular flexibility index (Phi) is 6.03. The molecule has 1 atom stereocenters. The first kappa shape index (κ1) is 18.8. The monoisotopic (exact) mass is 383 g/mol. The Hall–Kier alpha value is -2.93. The molecule has 1 unspecified atom stereocenters. The largest absolute Gasteiger partial charge is 0.324 e.